The first kappa shape index (κ1) is 14.7. The van der Waals surface area contributed by atoms with Crippen molar-refractivity contribution in [1.29, 1.82) is 0 Å². The summed E-state index contributed by atoms with van der Waals surface area (Å²) < 4.78 is 18.0. The molecule has 19 heavy (non-hydrogen) atoms. The van der Waals surface area contributed by atoms with Gasteiger partial charge in [0.2, 0.25) is 0 Å². The van der Waals surface area contributed by atoms with Crippen molar-refractivity contribution >= 4 is 11.9 Å². The van der Waals surface area contributed by atoms with Gasteiger partial charge in [0.05, 0.1) is 12.7 Å². The fourth-order valence-electron chi connectivity index (χ4n) is 1.24. The van der Waals surface area contributed by atoms with Crippen molar-refractivity contribution in [2.45, 2.75) is 0 Å². The molecule has 0 saturated carbocycles. The Morgan fingerprint density at radius 1 is 1.47 bits per heavy atom. The number of hydrogen-bond donors (Lipinski definition) is 2. The zero-order valence-corrected chi connectivity index (χ0v) is 10.2. The number of carbonyl (C=O) groups is 2. The molecule has 0 unspecified atom stereocenters. The van der Waals surface area contributed by atoms with E-state index in [-0.39, 0.29) is 18.7 Å². The van der Waals surface area contributed by atoms with Crippen LogP contribution in [0.1, 0.15) is 15.9 Å². The van der Waals surface area contributed by atoms with Crippen molar-refractivity contribution in [3.63, 3.8) is 0 Å². The van der Waals surface area contributed by atoms with Crippen LogP contribution in [-0.4, -0.2) is 37.2 Å². The molecular weight excluding hydrogens is 253 g/mol. The number of rotatable bonds is 3. The van der Waals surface area contributed by atoms with E-state index >= 15 is 0 Å². The molecule has 0 aliphatic rings. The van der Waals surface area contributed by atoms with E-state index in [1.807, 2.05) is 0 Å². The molecule has 0 spiro atoms. The topological polar surface area (TPSA) is 75.6 Å². The smallest absolute Gasteiger partial charge is 0.325 e. The molecule has 1 aromatic carbocycles. The minimum atomic E-state index is -0.757. The summed E-state index contributed by atoms with van der Waals surface area (Å²) in [4.78, 5) is 22.4. The lowest BCUT2D eigenvalue weighted by Gasteiger charge is -2.05. The number of hydrogen-bond acceptors (Lipinski definition) is 4. The van der Waals surface area contributed by atoms with Crippen LogP contribution in [0.15, 0.2) is 18.2 Å². The van der Waals surface area contributed by atoms with E-state index in [0.717, 1.165) is 6.07 Å². The fraction of sp³-hybridized carbons (Fsp3) is 0.231. The van der Waals surface area contributed by atoms with Crippen molar-refractivity contribution in [1.82, 2.24) is 5.32 Å². The standard InChI is InChI=1S/C13H12FNO4/c1-19-12(17)8-15-13(18)10-5-4-9(3-2-6-16)7-11(10)14/h4-5,7,16H,6,8H2,1H3,(H,15,18). The van der Waals surface area contributed by atoms with Gasteiger partial charge in [-0.15, -0.1) is 0 Å². The number of aliphatic hydroxyl groups is 1. The number of carbonyl (C=O) groups excluding carboxylic acids is 2. The third-order valence-electron chi connectivity index (χ3n) is 2.15. The average Bonchev–Trinajstić information content (AvgIpc) is 2.42. The Labute approximate surface area is 109 Å². The number of ether oxygens (including phenoxy) is 1. The normalized spacial score (nSPS) is 9.21. The van der Waals surface area contributed by atoms with E-state index in [4.69, 9.17) is 5.11 Å². The lowest BCUT2D eigenvalue weighted by Crippen LogP contribution is -2.30. The van der Waals surface area contributed by atoms with Crippen LogP contribution in [0, 0.1) is 17.7 Å². The molecule has 1 amide bonds. The predicted octanol–water partition coefficient (Wildman–Crippen LogP) is 0.0723. The van der Waals surface area contributed by atoms with Gasteiger partial charge in [0, 0.05) is 5.56 Å². The molecule has 0 fully saturated rings. The number of methoxy groups -OCH3 is 1. The SMILES string of the molecule is COC(=O)CNC(=O)c1ccc(C#CCO)cc1F. The first-order valence-corrected chi connectivity index (χ1v) is 5.32. The second kappa shape index (κ2) is 7.13. The highest BCUT2D eigenvalue weighted by Gasteiger charge is 2.13. The lowest BCUT2D eigenvalue weighted by atomic mass is 10.1. The molecule has 0 radical (unpaired) electrons. The molecule has 0 aliphatic heterocycles. The van der Waals surface area contributed by atoms with Gasteiger partial charge in [-0.05, 0) is 18.2 Å². The maximum atomic E-state index is 13.6. The number of esters is 1. The second-order valence-electron chi connectivity index (χ2n) is 3.41. The third-order valence-corrected chi connectivity index (χ3v) is 2.15. The highest BCUT2D eigenvalue weighted by molar-refractivity contribution is 5.96. The molecule has 0 aromatic heterocycles. The Hall–Kier alpha value is -2.39. The van der Waals surface area contributed by atoms with E-state index in [1.165, 1.54) is 19.2 Å². The number of aliphatic hydroxyl groups excluding tert-OH is 1. The van der Waals surface area contributed by atoms with Gasteiger partial charge in [0.1, 0.15) is 19.0 Å². The summed E-state index contributed by atoms with van der Waals surface area (Å²) in [6.07, 6.45) is 0. The van der Waals surface area contributed by atoms with Crippen LogP contribution >= 0.6 is 0 Å². The van der Waals surface area contributed by atoms with E-state index in [0.29, 0.717) is 5.56 Å². The predicted molar refractivity (Wildman–Crippen MR) is 64.7 cm³/mol. The summed E-state index contributed by atoms with van der Waals surface area (Å²) in [5, 5.41) is 10.7. The molecule has 0 heterocycles. The Morgan fingerprint density at radius 3 is 2.79 bits per heavy atom. The molecule has 6 heteroatoms. The Kier molecular flexibility index (Phi) is 5.51. The van der Waals surface area contributed by atoms with Crippen LogP contribution in [0.25, 0.3) is 0 Å². The van der Waals surface area contributed by atoms with E-state index in [2.05, 4.69) is 21.9 Å². The van der Waals surface area contributed by atoms with Crippen LogP contribution in [0.5, 0.6) is 0 Å². The second-order valence-corrected chi connectivity index (χ2v) is 3.41. The van der Waals surface area contributed by atoms with Crippen LogP contribution < -0.4 is 5.32 Å². The summed E-state index contributed by atoms with van der Waals surface area (Å²) >= 11 is 0. The summed E-state index contributed by atoms with van der Waals surface area (Å²) in [6.45, 7) is -0.663. The summed E-state index contributed by atoms with van der Waals surface area (Å²) in [6, 6.07) is 3.78. The van der Waals surface area contributed by atoms with Crippen LogP contribution in [0.2, 0.25) is 0 Å². The number of halogens is 1. The van der Waals surface area contributed by atoms with Gasteiger partial charge < -0.3 is 15.2 Å². The number of benzene rings is 1. The van der Waals surface area contributed by atoms with Crippen molar-refractivity contribution in [3.8, 4) is 11.8 Å². The Balaban J connectivity index is 2.78. The fourth-order valence-corrected chi connectivity index (χ4v) is 1.24. The van der Waals surface area contributed by atoms with Gasteiger partial charge in [0.25, 0.3) is 5.91 Å². The molecule has 2 N–H and O–H groups in total. The van der Waals surface area contributed by atoms with Gasteiger partial charge in [-0.25, -0.2) is 4.39 Å². The Morgan fingerprint density at radius 2 is 2.21 bits per heavy atom. The maximum absolute atomic E-state index is 13.6. The van der Waals surface area contributed by atoms with Crippen LogP contribution in [0.4, 0.5) is 4.39 Å². The molecule has 0 aliphatic carbocycles. The number of nitrogens with one attached hydrogen (secondary N) is 1. The molecular formula is C13H12FNO4. The van der Waals surface area contributed by atoms with Gasteiger partial charge in [-0.2, -0.15) is 0 Å². The first-order chi connectivity index (χ1) is 9.08. The maximum Gasteiger partial charge on any atom is 0.325 e. The van der Waals surface area contributed by atoms with Crippen LogP contribution in [0.3, 0.4) is 0 Å². The van der Waals surface area contributed by atoms with E-state index < -0.39 is 17.7 Å². The van der Waals surface area contributed by atoms with Gasteiger partial charge in [-0.1, -0.05) is 11.8 Å². The highest BCUT2D eigenvalue weighted by atomic mass is 19.1. The average molecular weight is 265 g/mol. The van der Waals surface area contributed by atoms with Crippen LogP contribution in [-0.2, 0) is 9.53 Å². The first-order valence-electron chi connectivity index (χ1n) is 5.32. The quantitative estimate of drug-likeness (QED) is 0.599. The summed E-state index contributed by atoms with van der Waals surface area (Å²) in [7, 11) is 1.18. The highest BCUT2D eigenvalue weighted by Crippen LogP contribution is 2.09. The summed E-state index contributed by atoms with van der Waals surface area (Å²) in [5.74, 6) is 2.78. The monoisotopic (exact) mass is 265 g/mol. The van der Waals surface area contributed by atoms with Crippen molar-refractivity contribution in [3.05, 3.63) is 35.1 Å². The minimum absolute atomic E-state index is 0.196. The minimum Gasteiger partial charge on any atom is -0.468 e. The van der Waals surface area contributed by atoms with Gasteiger partial charge in [-0.3, -0.25) is 9.59 Å². The molecule has 0 bridgehead atoms. The van der Waals surface area contributed by atoms with Crippen molar-refractivity contribution in [2.75, 3.05) is 20.3 Å². The van der Waals surface area contributed by atoms with Crippen molar-refractivity contribution in [2.24, 2.45) is 0 Å². The zero-order chi connectivity index (χ0) is 14.3. The van der Waals surface area contributed by atoms with Gasteiger partial charge >= 0.3 is 5.97 Å². The largest absolute Gasteiger partial charge is 0.468 e. The van der Waals surface area contributed by atoms with E-state index in [1.54, 1.807) is 0 Å². The third kappa shape index (κ3) is 4.41. The Bertz CT molecular complexity index is 545. The molecule has 1 rings (SSSR count). The molecule has 100 valence electrons. The lowest BCUT2D eigenvalue weighted by molar-refractivity contribution is -0.139. The zero-order valence-electron chi connectivity index (χ0n) is 10.2. The molecule has 0 atom stereocenters. The van der Waals surface area contributed by atoms with Crippen molar-refractivity contribution < 1.29 is 23.8 Å². The summed E-state index contributed by atoms with van der Waals surface area (Å²) in [5.41, 5.74) is 0.148. The van der Waals surface area contributed by atoms with E-state index in [9.17, 15) is 14.0 Å². The molecule has 0 saturated heterocycles. The number of amides is 1. The molecule has 1 aromatic rings. The molecule has 5 nitrogen and oxygen atoms in total. The van der Waals surface area contributed by atoms with Gasteiger partial charge in [0.15, 0.2) is 0 Å².